The molecule has 0 radical (unpaired) electrons. The van der Waals surface area contributed by atoms with Gasteiger partial charge in [-0.2, -0.15) is 0 Å². The van der Waals surface area contributed by atoms with Gasteiger partial charge in [0.15, 0.2) is 0 Å². The first-order valence-electron chi connectivity index (χ1n) is 24.1. The van der Waals surface area contributed by atoms with Crippen molar-refractivity contribution in [3.8, 4) is 44.5 Å². The van der Waals surface area contributed by atoms with Gasteiger partial charge in [0.05, 0.1) is 5.41 Å². The van der Waals surface area contributed by atoms with E-state index in [0.717, 1.165) is 22.3 Å². The standard InChI is InChI=1S/C69H48/c1-5-7-23-49(43(3)4)50(20-6-2)44-34-36-45(37-35-44)65-55-28-12-14-30-57(55)66(58-31-15-13-29-56(58)65)48-38-39-59-60(41-48)51-24-10-11-27-54(51)67-61-40-46-21-8-9-22-47(46)42-64(61)69(68(59)67)62-32-18-16-25-52(62)53-26-17-19-33-63(53)69/h5-42H,1,3H2,2,4H3/b20-6-,23-7-,50-49+. The molecular formula is C69H48. The molecule has 324 valence electrons. The summed E-state index contributed by atoms with van der Waals surface area (Å²) in [5, 5.41) is 12.6. The Morgan fingerprint density at radius 2 is 0.942 bits per heavy atom. The first-order chi connectivity index (χ1) is 34.0. The summed E-state index contributed by atoms with van der Waals surface area (Å²) in [5.41, 5.74) is 19.6. The van der Waals surface area contributed by atoms with Gasteiger partial charge < -0.3 is 0 Å². The maximum Gasteiger partial charge on any atom is 0.0731 e. The van der Waals surface area contributed by atoms with Crippen LogP contribution in [0.15, 0.2) is 255 Å². The molecule has 0 saturated carbocycles. The zero-order chi connectivity index (χ0) is 46.4. The highest BCUT2D eigenvalue weighted by Crippen LogP contribution is 2.66. The highest BCUT2D eigenvalue weighted by molar-refractivity contribution is 6.25. The summed E-state index contributed by atoms with van der Waals surface area (Å²) in [5.74, 6) is 0. The van der Waals surface area contributed by atoms with Crippen molar-refractivity contribution < 1.29 is 0 Å². The SMILES string of the molecule is C=C\C=C/C(C(=C)C)=C(/C=C\C)c1ccc(-c2c3ccccc3c(-c3ccc4c5c(c6ccccc6c4c3)-c3cc4ccccc4cc3C53c4ccccc4-c4ccccc43)c3ccccc23)cc1. The quantitative estimate of drug-likeness (QED) is 0.0850. The van der Waals surface area contributed by atoms with Crippen LogP contribution in [0.3, 0.4) is 0 Å². The lowest BCUT2D eigenvalue weighted by atomic mass is 9.69. The van der Waals surface area contributed by atoms with Gasteiger partial charge in [-0.15, -0.1) is 0 Å². The molecule has 0 saturated heterocycles. The number of benzene rings is 11. The van der Waals surface area contributed by atoms with Crippen LogP contribution in [0.2, 0.25) is 0 Å². The maximum atomic E-state index is 4.32. The summed E-state index contributed by atoms with van der Waals surface area (Å²) in [6.07, 6.45) is 10.2. The van der Waals surface area contributed by atoms with Crippen molar-refractivity contribution in [2.24, 2.45) is 0 Å². The fourth-order valence-electron chi connectivity index (χ4n) is 12.4. The first kappa shape index (κ1) is 40.7. The summed E-state index contributed by atoms with van der Waals surface area (Å²) >= 11 is 0. The number of rotatable bonds is 7. The smallest absolute Gasteiger partial charge is 0.0731 e. The summed E-state index contributed by atoms with van der Waals surface area (Å²) in [6.45, 7) is 12.4. The fraction of sp³-hybridized carbons (Fsp3) is 0.0435. The minimum absolute atomic E-state index is 0.500. The molecule has 2 aliphatic rings. The minimum Gasteiger partial charge on any atom is -0.0991 e. The largest absolute Gasteiger partial charge is 0.0991 e. The zero-order valence-corrected chi connectivity index (χ0v) is 38.9. The van der Waals surface area contributed by atoms with Crippen LogP contribution in [0.25, 0.3) is 104 Å². The lowest BCUT2D eigenvalue weighted by Crippen LogP contribution is -2.26. The number of allylic oxidation sites excluding steroid dienone is 8. The highest BCUT2D eigenvalue weighted by atomic mass is 14.5. The van der Waals surface area contributed by atoms with Gasteiger partial charge in [-0.25, -0.2) is 0 Å². The van der Waals surface area contributed by atoms with Crippen LogP contribution < -0.4 is 0 Å². The molecule has 0 fully saturated rings. The summed E-state index contributed by atoms with van der Waals surface area (Å²) in [6, 6.07) is 75.8. The molecule has 0 heteroatoms. The Kier molecular flexibility index (Phi) is 9.29. The maximum absolute atomic E-state index is 4.32. The average molecular weight is 877 g/mol. The van der Waals surface area contributed by atoms with E-state index in [4.69, 9.17) is 0 Å². The topological polar surface area (TPSA) is 0 Å². The van der Waals surface area contributed by atoms with Crippen molar-refractivity contribution in [2.45, 2.75) is 19.3 Å². The lowest BCUT2D eigenvalue weighted by molar-refractivity contribution is 0.803. The van der Waals surface area contributed by atoms with E-state index in [0.29, 0.717) is 0 Å². The third-order valence-electron chi connectivity index (χ3n) is 15.1. The molecule has 0 unspecified atom stereocenters. The van der Waals surface area contributed by atoms with Gasteiger partial charge in [0.25, 0.3) is 0 Å². The number of hydrogen-bond acceptors (Lipinski definition) is 0. The molecule has 0 aromatic heterocycles. The third kappa shape index (κ3) is 5.82. The van der Waals surface area contributed by atoms with E-state index in [-0.39, 0.29) is 0 Å². The molecule has 11 aromatic rings. The van der Waals surface area contributed by atoms with E-state index < -0.39 is 5.41 Å². The van der Waals surface area contributed by atoms with Gasteiger partial charge in [0.1, 0.15) is 0 Å². The molecule has 11 aromatic carbocycles. The van der Waals surface area contributed by atoms with Gasteiger partial charge in [-0.3, -0.25) is 0 Å². The minimum atomic E-state index is -0.500. The Balaban J connectivity index is 1.08. The summed E-state index contributed by atoms with van der Waals surface area (Å²) < 4.78 is 0. The summed E-state index contributed by atoms with van der Waals surface area (Å²) in [7, 11) is 0. The second-order valence-corrected chi connectivity index (χ2v) is 18.8. The summed E-state index contributed by atoms with van der Waals surface area (Å²) in [4.78, 5) is 0. The molecular weight excluding hydrogens is 829 g/mol. The van der Waals surface area contributed by atoms with Crippen LogP contribution in [0.1, 0.15) is 41.7 Å². The zero-order valence-electron chi connectivity index (χ0n) is 38.9. The van der Waals surface area contributed by atoms with Crippen LogP contribution in [-0.2, 0) is 5.41 Å². The van der Waals surface area contributed by atoms with Crippen molar-refractivity contribution in [3.63, 3.8) is 0 Å². The Hall–Kier alpha value is -8.58. The van der Waals surface area contributed by atoms with E-state index in [9.17, 15) is 0 Å². The fourth-order valence-corrected chi connectivity index (χ4v) is 12.4. The molecule has 0 nitrogen and oxygen atoms in total. The number of hydrogen-bond donors (Lipinski definition) is 0. The average Bonchev–Trinajstić information content (AvgIpc) is 3.86. The van der Waals surface area contributed by atoms with Crippen molar-refractivity contribution in [1.82, 2.24) is 0 Å². The van der Waals surface area contributed by atoms with Gasteiger partial charge in [-0.05, 0) is 169 Å². The molecule has 69 heavy (non-hydrogen) atoms. The van der Waals surface area contributed by atoms with Crippen molar-refractivity contribution in [1.29, 1.82) is 0 Å². The Bertz CT molecular complexity index is 4010. The molecule has 13 rings (SSSR count). The Morgan fingerprint density at radius 1 is 0.435 bits per heavy atom. The molecule has 2 aliphatic carbocycles. The molecule has 1 spiro atoms. The monoisotopic (exact) mass is 876 g/mol. The predicted octanol–water partition coefficient (Wildman–Crippen LogP) is 18.8. The second kappa shape index (κ2) is 15.8. The van der Waals surface area contributed by atoms with E-state index >= 15 is 0 Å². The van der Waals surface area contributed by atoms with Crippen LogP contribution in [-0.4, -0.2) is 0 Å². The van der Waals surface area contributed by atoms with Crippen molar-refractivity contribution in [2.75, 3.05) is 0 Å². The van der Waals surface area contributed by atoms with Crippen molar-refractivity contribution >= 4 is 59.4 Å². The first-order valence-corrected chi connectivity index (χ1v) is 24.1. The lowest BCUT2D eigenvalue weighted by Gasteiger charge is -2.32. The molecule has 0 aliphatic heterocycles. The van der Waals surface area contributed by atoms with Crippen LogP contribution >= 0.6 is 0 Å². The van der Waals surface area contributed by atoms with Crippen LogP contribution in [0, 0.1) is 0 Å². The molecule has 0 atom stereocenters. The second-order valence-electron chi connectivity index (χ2n) is 18.8. The van der Waals surface area contributed by atoms with Crippen molar-refractivity contribution in [3.05, 3.63) is 283 Å². The highest BCUT2D eigenvalue weighted by Gasteiger charge is 2.53. The Morgan fingerprint density at radius 3 is 1.52 bits per heavy atom. The molecule has 0 heterocycles. The molecule has 0 amide bonds. The van der Waals surface area contributed by atoms with E-state index in [1.165, 1.54) is 121 Å². The predicted molar refractivity (Wildman–Crippen MR) is 297 cm³/mol. The third-order valence-corrected chi connectivity index (χ3v) is 15.1. The van der Waals surface area contributed by atoms with E-state index in [2.05, 4.69) is 245 Å². The molecule has 0 bridgehead atoms. The number of fused-ring (bicyclic) bond motifs is 18. The normalized spacial score (nSPS) is 13.7. The Labute approximate surface area is 403 Å². The van der Waals surface area contributed by atoms with Gasteiger partial charge >= 0.3 is 0 Å². The van der Waals surface area contributed by atoms with Gasteiger partial charge in [0, 0.05) is 0 Å². The van der Waals surface area contributed by atoms with Gasteiger partial charge in [-0.1, -0.05) is 231 Å². The van der Waals surface area contributed by atoms with E-state index in [1.807, 2.05) is 12.2 Å². The van der Waals surface area contributed by atoms with Crippen LogP contribution in [0.5, 0.6) is 0 Å². The van der Waals surface area contributed by atoms with E-state index in [1.54, 1.807) is 0 Å². The van der Waals surface area contributed by atoms with Gasteiger partial charge in [0.2, 0.25) is 0 Å². The van der Waals surface area contributed by atoms with Crippen LogP contribution in [0.4, 0.5) is 0 Å². The molecule has 0 N–H and O–H groups in total.